The number of carbonyl (C=O) groups excluding carboxylic acids is 1. The number of benzene rings is 1. The van der Waals surface area contributed by atoms with Crippen LogP contribution in [-0.4, -0.2) is 29.9 Å². The molecule has 0 bridgehead atoms. The summed E-state index contributed by atoms with van der Waals surface area (Å²) in [7, 11) is 0. The number of hydrogen-bond donors (Lipinski definition) is 1. The van der Waals surface area contributed by atoms with Gasteiger partial charge in [-0.25, -0.2) is 4.39 Å². The van der Waals surface area contributed by atoms with Gasteiger partial charge in [0.25, 0.3) is 0 Å². The Morgan fingerprint density at radius 2 is 2.29 bits per heavy atom. The van der Waals surface area contributed by atoms with Gasteiger partial charge in [0.05, 0.1) is 0 Å². The lowest BCUT2D eigenvalue weighted by Gasteiger charge is -2.34. The van der Waals surface area contributed by atoms with E-state index in [1.54, 1.807) is 12.1 Å². The number of nitrogens with two attached hydrogens (primary N) is 1. The van der Waals surface area contributed by atoms with Crippen molar-refractivity contribution < 1.29 is 9.18 Å². The molecule has 1 aliphatic rings. The van der Waals surface area contributed by atoms with Crippen molar-refractivity contribution in [1.82, 2.24) is 4.90 Å². The number of carbonyl (C=O) groups is 1. The Labute approximate surface area is 125 Å². The first kappa shape index (κ1) is 15.7. The van der Waals surface area contributed by atoms with Crippen molar-refractivity contribution >= 4 is 11.5 Å². The molecule has 0 saturated carbocycles. The summed E-state index contributed by atoms with van der Waals surface area (Å²) in [5.74, 6) is 0.0652. The van der Waals surface area contributed by atoms with Gasteiger partial charge in [-0.1, -0.05) is 12.1 Å². The lowest BCUT2D eigenvalue weighted by atomic mass is 9.92. The first-order valence-electron chi connectivity index (χ1n) is 7.46. The molecule has 3 nitrogen and oxygen atoms in total. The van der Waals surface area contributed by atoms with Gasteiger partial charge in [0.15, 0.2) is 0 Å². The van der Waals surface area contributed by atoms with Crippen LogP contribution in [-0.2, 0) is 4.79 Å². The number of likely N-dealkylation sites (tertiary alicyclic amines) is 1. The van der Waals surface area contributed by atoms with E-state index in [1.165, 1.54) is 12.1 Å². The standard InChI is InChI=1S/C17H23FN2O/c1-12(14-5-3-7-16(18)10-14)9-17(21)20-8-4-6-15(11-20)13(2)19/h3,5,7,9-10,13,15H,4,6,8,11,19H2,1-2H3/b12-9+. The number of piperidine rings is 1. The second-order valence-corrected chi connectivity index (χ2v) is 5.88. The van der Waals surface area contributed by atoms with Crippen LogP contribution in [0.5, 0.6) is 0 Å². The van der Waals surface area contributed by atoms with E-state index in [0.717, 1.165) is 30.5 Å². The second kappa shape index (κ2) is 6.85. The summed E-state index contributed by atoms with van der Waals surface area (Å²) in [5.41, 5.74) is 7.46. The number of rotatable bonds is 3. The summed E-state index contributed by atoms with van der Waals surface area (Å²) in [6.07, 6.45) is 3.66. The maximum atomic E-state index is 13.2. The third kappa shape index (κ3) is 4.14. The SMILES string of the molecule is C/C(=C\C(=O)N1CCCC(C(C)N)C1)c1cccc(F)c1. The average Bonchev–Trinajstić information content (AvgIpc) is 2.47. The Bertz CT molecular complexity index is 539. The summed E-state index contributed by atoms with van der Waals surface area (Å²) < 4.78 is 13.2. The fraction of sp³-hybridized carbons (Fsp3) is 0.471. The smallest absolute Gasteiger partial charge is 0.246 e. The highest BCUT2D eigenvalue weighted by atomic mass is 19.1. The summed E-state index contributed by atoms with van der Waals surface area (Å²) >= 11 is 0. The quantitative estimate of drug-likeness (QED) is 0.870. The van der Waals surface area contributed by atoms with E-state index in [9.17, 15) is 9.18 Å². The van der Waals surface area contributed by atoms with E-state index in [2.05, 4.69) is 0 Å². The van der Waals surface area contributed by atoms with Gasteiger partial charge in [-0.05, 0) is 55.9 Å². The van der Waals surface area contributed by atoms with Crippen LogP contribution in [0.4, 0.5) is 4.39 Å². The van der Waals surface area contributed by atoms with E-state index < -0.39 is 0 Å². The van der Waals surface area contributed by atoms with Gasteiger partial charge in [-0.15, -0.1) is 0 Å². The fourth-order valence-electron chi connectivity index (χ4n) is 2.73. The van der Waals surface area contributed by atoms with E-state index in [0.29, 0.717) is 12.5 Å². The Balaban J connectivity index is 2.07. The number of halogens is 1. The summed E-state index contributed by atoms with van der Waals surface area (Å²) in [6, 6.07) is 6.41. The van der Waals surface area contributed by atoms with E-state index in [4.69, 9.17) is 5.73 Å². The Morgan fingerprint density at radius 1 is 1.52 bits per heavy atom. The van der Waals surface area contributed by atoms with Crippen LogP contribution in [0.2, 0.25) is 0 Å². The van der Waals surface area contributed by atoms with Gasteiger partial charge in [-0.2, -0.15) is 0 Å². The molecule has 114 valence electrons. The van der Waals surface area contributed by atoms with Crippen LogP contribution in [0, 0.1) is 11.7 Å². The molecule has 21 heavy (non-hydrogen) atoms. The maximum absolute atomic E-state index is 13.2. The number of allylic oxidation sites excluding steroid dienone is 1. The predicted octanol–water partition coefficient (Wildman–Crippen LogP) is 2.81. The molecule has 0 aliphatic carbocycles. The lowest BCUT2D eigenvalue weighted by molar-refractivity contribution is -0.127. The topological polar surface area (TPSA) is 46.3 Å². The Kier molecular flexibility index (Phi) is 5.12. The maximum Gasteiger partial charge on any atom is 0.246 e. The van der Waals surface area contributed by atoms with Crippen LogP contribution >= 0.6 is 0 Å². The van der Waals surface area contributed by atoms with E-state index in [-0.39, 0.29) is 17.8 Å². The first-order valence-corrected chi connectivity index (χ1v) is 7.46. The minimum Gasteiger partial charge on any atom is -0.339 e. The van der Waals surface area contributed by atoms with E-state index in [1.807, 2.05) is 24.8 Å². The summed E-state index contributed by atoms with van der Waals surface area (Å²) in [6.45, 7) is 5.31. The molecule has 0 aromatic heterocycles. The largest absolute Gasteiger partial charge is 0.339 e. The fourth-order valence-corrected chi connectivity index (χ4v) is 2.73. The predicted molar refractivity (Wildman–Crippen MR) is 83.0 cm³/mol. The highest BCUT2D eigenvalue weighted by Crippen LogP contribution is 2.20. The molecule has 1 heterocycles. The molecule has 1 saturated heterocycles. The van der Waals surface area contributed by atoms with Gasteiger partial charge in [0, 0.05) is 25.2 Å². The third-order valence-corrected chi connectivity index (χ3v) is 4.13. The number of nitrogens with zero attached hydrogens (tertiary/aromatic N) is 1. The second-order valence-electron chi connectivity index (χ2n) is 5.88. The molecule has 2 N–H and O–H groups in total. The van der Waals surface area contributed by atoms with Gasteiger partial charge in [0.1, 0.15) is 5.82 Å². The molecular weight excluding hydrogens is 267 g/mol. The van der Waals surface area contributed by atoms with Crippen molar-refractivity contribution in [2.24, 2.45) is 11.7 Å². The molecule has 2 unspecified atom stereocenters. The van der Waals surface area contributed by atoms with Gasteiger partial charge < -0.3 is 10.6 Å². The molecule has 2 atom stereocenters. The Morgan fingerprint density at radius 3 is 2.95 bits per heavy atom. The van der Waals surface area contributed by atoms with Crippen molar-refractivity contribution in [2.45, 2.75) is 32.7 Å². The van der Waals surface area contributed by atoms with Crippen LogP contribution in [0.15, 0.2) is 30.3 Å². The zero-order valence-electron chi connectivity index (χ0n) is 12.7. The van der Waals surface area contributed by atoms with Gasteiger partial charge >= 0.3 is 0 Å². The highest BCUT2D eigenvalue weighted by molar-refractivity contribution is 5.94. The molecule has 1 fully saturated rings. The molecule has 1 amide bonds. The molecule has 0 spiro atoms. The molecule has 4 heteroatoms. The van der Waals surface area contributed by atoms with Gasteiger partial charge in [0.2, 0.25) is 5.91 Å². The summed E-state index contributed by atoms with van der Waals surface area (Å²) in [4.78, 5) is 14.2. The van der Waals surface area contributed by atoms with Crippen molar-refractivity contribution in [3.63, 3.8) is 0 Å². The molecule has 1 aromatic rings. The van der Waals surface area contributed by atoms with Crippen molar-refractivity contribution in [2.75, 3.05) is 13.1 Å². The normalized spacial score (nSPS) is 21.2. The van der Waals surface area contributed by atoms with Gasteiger partial charge in [-0.3, -0.25) is 4.79 Å². The number of hydrogen-bond acceptors (Lipinski definition) is 2. The Hall–Kier alpha value is -1.68. The van der Waals surface area contributed by atoms with Crippen LogP contribution in [0.3, 0.4) is 0 Å². The van der Waals surface area contributed by atoms with Crippen molar-refractivity contribution in [3.05, 3.63) is 41.7 Å². The average molecular weight is 290 g/mol. The van der Waals surface area contributed by atoms with Crippen LogP contribution < -0.4 is 5.73 Å². The van der Waals surface area contributed by atoms with E-state index >= 15 is 0 Å². The molecule has 0 radical (unpaired) electrons. The zero-order valence-corrected chi connectivity index (χ0v) is 12.7. The first-order chi connectivity index (χ1) is 9.97. The number of amides is 1. The minimum atomic E-state index is -0.289. The van der Waals surface area contributed by atoms with Crippen molar-refractivity contribution in [1.29, 1.82) is 0 Å². The van der Waals surface area contributed by atoms with Crippen LogP contribution in [0.25, 0.3) is 5.57 Å². The zero-order chi connectivity index (χ0) is 15.4. The summed E-state index contributed by atoms with van der Waals surface area (Å²) in [5, 5.41) is 0. The molecule has 1 aromatic carbocycles. The van der Waals surface area contributed by atoms with Crippen molar-refractivity contribution in [3.8, 4) is 0 Å². The molecular formula is C17H23FN2O. The lowest BCUT2D eigenvalue weighted by Crippen LogP contribution is -2.44. The molecule has 1 aliphatic heterocycles. The van der Waals surface area contributed by atoms with Crippen LogP contribution in [0.1, 0.15) is 32.3 Å². The third-order valence-electron chi connectivity index (χ3n) is 4.13. The monoisotopic (exact) mass is 290 g/mol. The minimum absolute atomic E-state index is 0.0119. The highest BCUT2D eigenvalue weighted by Gasteiger charge is 2.24. The molecule has 2 rings (SSSR count).